The number of carbonyl (C=O) groups excluding carboxylic acids is 1. The van der Waals surface area contributed by atoms with Gasteiger partial charge < -0.3 is 14.5 Å². The van der Waals surface area contributed by atoms with Gasteiger partial charge in [0, 0.05) is 38.3 Å². The van der Waals surface area contributed by atoms with Crippen LogP contribution in [0.1, 0.15) is 47.5 Å². The third-order valence-electron chi connectivity index (χ3n) is 8.72. The van der Waals surface area contributed by atoms with Crippen LogP contribution < -0.4 is 9.64 Å². The Labute approximate surface area is 245 Å². The van der Waals surface area contributed by atoms with Crippen molar-refractivity contribution in [2.24, 2.45) is 0 Å². The molecule has 0 aliphatic carbocycles. The molecule has 2 unspecified atom stereocenters. The highest BCUT2D eigenvalue weighted by atomic mass is 35.5. The number of benzene rings is 3. The first-order chi connectivity index (χ1) is 19.8. The van der Waals surface area contributed by atoms with Gasteiger partial charge in [-0.2, -0.15) is 4.31 Å². The number of nitrogens with zero attached hydrogens (tertiary/aromatic N) is 3. The zero-order valence-electron chi connectivity index (χ0n) is 22.9. The van der Waals surface area contributed by atoms with Crippen molar-refractivity contribution in [2.45, 2.75) is 48.6 Å². The number of sulfonamides is 1. The van der Waals surface area contributed by atoms with Crippen LogP contribution in [0.2, 0.25) is 5.02 Å². The minimum Gasteiger partial charge on any atom is -0.495 e. The van der Waals surface area contributed by atoms with Gasteiger partial charge in [-0.15, -0.1) is 0 Å². The van der Waals surface area contributed by atoms with Crippen LogP contribution in [0.3, 0.4) is 0 Å². The molecular weight excluding hydrogens is 565 g/mol. The van der Waals surface area contributed by atoms with Gasteiger partial charge in [-0.25, -0.2) is 12.8 Å². The lowest BCUT2D eigenvalue weighted by atomic mass is 9.90. The van der Waals surface area contributed by atoms with E-state index in [2.05, 4.69) is 17.0 Å². The molecule has 2 bridgehead atoms. The highest BCUT2D eigenvalue weighted by Crippen LogP contribution is 2.42. The van der Waals surface area contributed by atoms with E-state index in [1.807, 2.05) is 18.2 Å². The molecule has 0 aromatic heterocycles. The molecule has 10 heteroatoms. The number of likely N-dealkylation sites (tertiary alicyclic amines) is 1. The van der Waals surface area contributed by atoms with Gasteiger partial charge in [0.25, 0.3) is 5.91 Å². The van der Waals surface area contributed by atoms with Crippen molar-refractivity contribution in [3.63, 3.8) is 0 Å². The van der Waals surface area contributed by atoms with Gasteiger partial charge in [0.2, 0.25) is 10.0 Å². The molecule has 3 aromatic rings. The molecule has 3 saturated heterocycles. The number of hydrogen-bond donors (Lipinski definition) is 0. The first-order valence-electron chi connectivity index (χ1n) is 14.0. The molecule has 0 N–H and O–H groups in total. The summed E-state index contributed by atoms with van der Waals surface area (Å²) in [6, 6.07) is 19.2. The Balaban J connectivity index is 1.21. The summed E-state index contributed by atoms with van der Waals surface area (Å²) in [6.07, 6.45) is 3.28. The molecule has 7 nitrogen and oxygen atoms in total. The van der Waals surface area contributed by atoms with Crippen LogP contribution in [0.4, 0.5) is 10.1 Å². The number of methoxy groups -OCH3 is 1. The second kappa shape index (κ2) is 11.3. The lowest BCUT2D eigenvalue weighted by molar-refractivity contribution is 0.0718. The molecule has 0 saturated carbocycles. The van der Waals surface area contributed by atoms with E-state index in [1.54, 1.807) is 34.5 Å². The number of piperazine rings is 1. The van der Waals surface area contributed by atoms with E-state index in [4.69, 9.17) is 16.3 Å². The van der Waals surface area contributed by atoms with Crippen LogP contribution in [0.5, 0.6) is 5.75 Å². The molecule has 3 fully saturated rings. The largest absolute Gasteiger partial charge is 0.495 e. The lowest BCUT2D eigenvalue weighted by Gasteiger charge is -2.43. The highest BCUT2D eigenvalue weighted by Gasteiger charge is 2.43. The van der Waals surface area contributed by atoms with Crippen LogP contribution in [-0.4, -0.2) is 68.9 Å². The summed E-state index contributed by atoms with van der Waals surface area (Å²) >= 11 is 6.18. The van der Waals surface area contributed by atoms with E-state index < -0.39 is 15.8 Å². The van der Waals surface area contributed by atoms with Crippen molar-refractivity contribution in [2.75, 3.05) is 38.2 Å². The number of carbonyl (C=O) groups is 1. The lowest BCUT2D eigenvalue weighted by Crippen LogP contribution is -2.55. The van der Waals surface area contributed by atoms with E-state index in [1.165, 1.54) is 17.7 Å². The molecular formula is C31H33ClFN3O4S. The third-order valence-corrected chi connectivity index (χ3v) is 10.9. The summed E-state index contributed by atoms with van der Waals surface area (Å²) in [5, 5.41) is 0.0946. The maximum Gasteiger partial charge on any atom is 0.255 e. The molecule has 3 aromatic carbocycles. The average Bonchev–Trinajstić information content (AvgIpc) is 3.25. The summed E-state index contributed by atoms with van der Waals surface area (Å²) < 4.78 is 48.4. The van der Waals surface area contributed by atoms with Gasteiger partial charge in [0.15, 0.2) is 0 Å². The van der Waals surface area contributed by atoms with E-state index in [9.17, 15) is 17.6 Å². The number of hydrogen-bond acceptors (Lipinski definition) is 5. The molecule has 3 aliphatic heterocycles. The standard InChI is InChI=1S/C31H33ClFN3O4S/c1-40-30-12-10-26(41(38,39)35-15-13-22(14-16-35)21-5-3-2-4-6-21)18-29(30)36-24-8-9-25(36)20-34(19-24)31(37)27-11-7-23(33)17-28(27)32/h2-7,10-12,17-18,22,24-25H,8-9,13-16,19-20H2,1H3. The van der Waals surface area contributed by atoms with Gasteiger partial charge >= 0.3 is 0 Å². The number of anilines is 1. The van der Waals surface area contributed by atoms with Crippen molar-refractivity contribution >= 4 is 33.2 Å². The number of ether oxygens (including phenoxy) is 1. The summed E-state index contributed by atoms with van der Waals surface area (Å²) in [5.74, 6) is 0.242. The molecule has 1 amide bonds. The molecule has 3 heterocycles. The number of halogens is 2. The minimum absolute atomic E-state index is 0.00889. The Bertz CT molecular complexity index is 1530. The van der Waals surface area contributed by atoms with Crippen LogP contribution >= 0.6 is 11.6 Å². The Morgan fingerprint density at radius 2 is 1.61 bits per heavy atom. The van der Waals surface area contributed by atoms with Crippen molar-refractivity contribution in [3.05, 3.63) is 88.7 Å². The fourth-order valence-electron chi connectivity index (χ4n) is 6.63. The van der Waals surface area contributed by atoms with E-state index >= 15 is 0 Å². The fourth-order valence-corrected chi connectivity index (χ4v) is 8.37. The quantitative estimate of drug-likeness (QED) is 0.373. The zero-order valence-corrected chi connectivity index (χ0v) is 24.5. The van der Waals surface area contributed by atoms with E-state index in [-0.39, 0.29) is 33.5 Å². The molecule has 41 heavy (non-hydrogen) atoms. The van der Waals surface area contributed by atoms with Crippen molar-refractivity contribution in [1.29, 1.82) is 0 Å². The third kappa shape index (κ3) is 5.31. The van der Waals surface area contributed by atoms with Gasteiger partial charge in [-0.1, -0.05) is 41.9 Å². The van der Waals surface area contributed by atoms with Crippen LogP contribution in [0.15, 0.2) is 71.6 Å². The van der Waals surface area contributed by atoms with Crippen molar-refractivity contribution < 1.29 is 22.3 Å². The summed E-state index contributed by atoms with van der Waals surface area (Å²) in [4.78, 5) is 17.5. The first kappa shape index (κ1) is 28.0. The van der Waals surface area contributed by atoms with Crippen molar-refractivity contribution in [1.82, 2.24) is 9.21 Å². The Morgan fingerprint density at radius 1 is 0.927 bits per heavy atom. The topological polar surface area (TPSA) is 70.2 Å². The SMILES string of the molecule is COc1ccc(S(=O)(=O)N2CCC(c3ccccc3)CC2)cc1N1C2CCC1CN(C(=O)c1ccc(F)cc1Cl)C2. The summed E-state index contributed by atoms with van der Waals surface area (Å²) in [5.41, 5.74) is 2.26. The van der Waals surface area contributed by atoms with E-state index in [0.29, 0.717) is 37.8 Å². The summed E-state index contributed by atoms with van der Waals surface area (Å²) in [7, 11) is -2.11. The smallest absolute Gasteiger partial charge is 0.255 e. The number of amides is 1. The maximum absolute atomic E-state index is 13.8. The zero-order chi connectivity index (χ0) is 28.7. The highest BCUT2D eigenvalue weighted by molar-refractivity contribution is 7.89. The van der Waals surface area contributed by atoms with Crippen LogP contribution in [-0.2, 0) is 10.0 Å². The molecule has 2 atom stereocenters. The van der Waals surface area contributed by atoms with Crippen molar-refractivity contribution in [3.8, 4) is 5.75 Å². The normalized spacial score (nSPS) is 21.7. The van der Waals surface area contributed by atoms with Gasteiger partial charge in [-0.05, 0) is 73.6 Å². The minimum atomic E-state index is -3.70. The Morgan fingerprint density at radius 3 is 2.24 bits per heavy atom. The Hall–Kier alpha value is -3.14. The number of piperidine rings is 1. The predicted molar refractivity (Wildman–Crippen MR) is 157 cm³/mol. The van der Waals surface area contributed by atoms with Gasteiger partial charge in [0.1, 0.15) is 11.6 Å². The first-order valence-corrected chi connectivity index (χ1v) is 15.8. The molecule has 0 radical (unpaired) electrons. The van der Waals surface area contributed by atoms with Crippen LogP contribution in [0, 0.1) is 5.82 Å². The number of rotatable bonds is 6. The predicted octanol–water partition coefficient (Wildman–Crippen LogP) is 5.55. The van der Waals surface area contributed by atoms with Crippen LogP contribution in [0.25, 0.3) is 0 Å². The monoisotopic (exact) mass is 597 g/mol. The maximum atomic E-state index is 13.8. The Kier molecular flexibility index (Phi) is 7.70. The summed E-state index contributed by atoms with van der Waals surface area (Å²) in [6.45, 7) is 1.86. The fraction of sp³-hybridized carbons (Fsp3) is 0.387. The molecule has 6 rings (SSSR count). The average molecular weight is 598 g/mol. The van der Waals surface area contributed by atoms with Gasteiger partial charge in [-0.3, -0.25) is 4.79 Å². The van der Waals surface area contributed by atoms with Gasteiger partial charge in [0.05, 0.1) is 28.3 Å². The molecule has 3 aliphatic rings. The molecule has 216 valence electrons. The number of fused-ring (bicyclic) bond motifs is 2. The second-order valence-electron chi connectivity index (χ2n) is 11.0. The molecule has 0 spiro atoms. The second-order valence-corrected chi connectivity index (χ2v) is 13.4. The van der Waals surface area contributed by atoms with E-state index in [0.717, 1.165) is 37.4 Å².